The number of hydrogen-bond donors (Lipinski definition) is 2. The van der Waals surface area contributed by atoms with Crippen molar-refractivity contribution in [1.29, 1.82) is 0 Å². The molecule has 6 nitrogen and oxygen atoms in total. The van der Waals surface area contributed by atoms with Crippen molar-refractivity contribution in [3.8, 4) is 0 Å². The van der Waals surface area contributed by atoms with Gasteiger partial charge in [-0.1, -0.05) is 19.3 Å². The van der Waals surface area contributed by atoms with Crippen LogP contribution in [0.1, 0.15) is 51.9 Å². The van der Waals surface area contributed by atoms with Crippen molar-refractivity contribution in [2.75, 3.05) is 59.9 Å². The molecule has 0 amide bonds. The van der Waals surface area contributed by atoms with E-state index in [9.17, 15) is 0 Å². The van der Waals surface area contributed by atoms with Crippen molar-refractivity contribution < 1.29 is 0 Å². The second-order valence-electron chi connectivity index (χ2n) is 8.89. The molecule has 1 saturated carbocycles. The van der Waals surface area contributed by atoms with Crippen LogP contribution in [0.4, 0.5) is 0 Å². The van der Waals surface area contributed by atoms with Crippen molar-refractivity contribution in [2.45, 2.75) is 70.0 Å². The third-order valence-corrected chi connectivity index (χ3v) is 6.67. The number of guanidine groups is 1. The summed E-state index contributed by atoms with van der Waals surface area (Å²) in [4.78, 5) is 12.6. The Kier molecular flexibility index (Phi) is 8.22. The Hall–Kier alpha value is -0.850. The smallest absolute Gasteiger partial charge is 0.191 e. The van der Waals surface area contributed by atoms with Gasteiger partial charge in [0.25, 0.3) is 0 Å². The van der Waals surface area contributed by atoms with E-state index in [0.29, 0.717) is 12.1 Å². The lowest BCUT2D eigenvalue weighted by Gasteiger charge is -2.40. The molecule has 0 radical (unpaired) electrons. The first-order valence-corrected chi connectivity index (χ1v) is 11.3. The van der Waals surface area contributed by atoms with Gasteiger partial charge in [0, 0.05) is 50.8 Å². The molecule has 0 aromatic rings. The zero-order chi connectivity index (χ0) is 19.1. The highest BCUT2D eigenvalue weighted by atomic mass is 15.3. The fourth-order valence-electron chi connectivity index (χ4n) is 4.91. The molecule has 2 heterocycles. The summed E-state index contributed by atoms with van der Waals surface area (Å²) in [5.74, 6) is 1.01. The van der Waals surface area contributed by atoms with Crippen LogP contribution < -0.4 is 10.6 Å². The van der Waals surface area contributed by atoms with Crippen LogP contribution >= 0.6 is 0 Å². The van der Waals surface area contributed by atoms with Gasteiger partial charge in [-0.2, -0.15) is 0 Å². The standard InChI is InChI=1S/C21H42N6/c1-4-22-21(23-15-20-17-25(2)13-14-26(20)3)24-18-9-8-12-27(16-18)19-10-6-5-7-11-19/h18-20H,4-17H2,1-3H3,(H2,22,23,24). The fraction of sp³-hybridized carbons (Fsp3) is 0.952. The van der Waals surface area contributed by atoms with E-state index < -0.39 is 0 Å². The average Bonchev–Trinajstić information content (AvgIpc) is 2.69. The van der Waals surface area contributed by atoms with Gasteiger partial charge in [-0.05, 0) is 53.2 Å². The largest absolute Gasteiger partial charge is 0.357 e. The lowest BCUT2D eigenvalue weighted by Crippen LogP contribution is -2.54. The monoisotopic (exact) mass is 378 g/mol. The topological polar surface area (TPSA) is 46.1 Å². The molecule has 3 rings (SSSR count). The van der Waals surface area contributed by atoms with Crippen LogP contribution in [0, 0.1) is 0 Å². The van der Waals surface area contributed by atoms with Crippen molar-refractivity contribution >= 4 is 5.96 Å². The molecule has 0 aromatic heterocycles. The number of likely N-dealkylation sites (tertiary alicyclic amines) is 1. The van der Waals surface area contributed by atoms with Crippen LogP contribution in [0.3, 0.4) is 0 Å². The van der Waals surface area contributed by atoms with E-state index in [1.165, 1.54) is 58.0 Å². The van der Waals surface area contributed by atoms with Gasteiger partial charge in [0.2, 0.25) is 0 Å². The molecule has 2 unspecified atom stereocenters. The number of rotatable bonds is 5. The zero-order valence-electron chi connectivity index (χ0n) is 17.9. The average molecular weight is 379 g/mol. The SMILES string of the molecule is CCNC(=NCC1CN(C)CCN1C)NC1CCCN(C2CCCCC2)C1. The van der Waals surface area contributed by atoms with Crippen molar-refractivity contribution in [2.24, 2.45) is 4.99 Å². The lowest BCUT2D eigenvalue weighted by atomic mass is 9.92. The second-order valence-corrected chi connectivity index (χ2v) is 8.89. The number of nitrogens with zero attached hydrogens (tertiary/aromatic N) is 4. The Bertz CT molecular complexity index is 462. The Balaban J connectivity index is 1.53. The third kappa shape index (κ3) is 6.33. The molecule has 2 saturated heterocycles. The minimum atomic E-state index is 0.518. The maximum atomic E-state index is 4.96. The molecule has 6 heteroatoms. The summed E-state index contributed by atoms with van der Waals surface area (Å²) in [6.45, 7) is 9.83. The number of piperidine rings is 1. The predicted molar refractivity (Wildman–Crippen MR) is 114 cm³/mol. The van der Waals surface area contributed by atoms with Gasteiger partial charge in [0.1, 0.15) is 0 Å². The molecule has 3 fully saturated rings. The van der Waals surface area contributed by atoms with E-state index in [4.69, 9.17) is 4.99 Å². The highest BCUT2D eigenvalue weighted by molar-refractivity contribution is 5.80. The van der Waals surface area contributed by atoms with Gasteiger partial charge in [0.15, 0.2) is 5.96 Å². The molecule has 0 bridgehead atoms. The van der Waals surface area contributed by atoms with Gasteiger partial charge in [-0.15, -0.1) is 0 Å². The minimum Gasteiger partial charge on any atom is -0.357 e. The van der Waals surface area contributed by atoms with Crippen LogP contribution in [0.25, 0.3) is 0 Å². The van der Waals surface area contributed by atoms with Crippen molar-refractivity contribution in [3.63, 3.8) is 0 Å². The number of piperazine rings is 1. The molecule has 0 aromatic carbocycles. The number of nitrogens with one attached hydrogen (secondary N) is 2. The highest BCUT2D eigenvalue weighted by Gasteiger charge is 2.27. The summed E-state index contributed by atoms with van der Waals surface area (Å²) in [5, 5.41) is 7.23. The molecule has 0 spiro atoms. The molecule has 1 aliphatic carbocycles. The van der Waals surface area contributed by atoms with E-state index in [1.807, 2.05) is 0 Å². The quantitative estimate of drug-likeness (QED) is 0.562. The first-order chi connectivity index (χ1) is 13.2. The summed E-state index contributed by atoms with van der Waals surface area (Å²) < 4.78 is 0. The summed E-state index contributed by atoms with van der Waals surface area (Å²) >= 11 is 0. The number of aliphatic imine (C=N–C) groups is 1. The van der Waals surface area contributed by atoms with E-state index >= 15 is 0 Å². The van der Waals surface area contributed by atoms with Gasteiger partial charge < -0.3 is 15.5 Å². The number of hydrogen-bond acceptors (Lipinski definition) is 4. The Morgan fingerprint density at radius 1 is 0.963 bits per heavy atom. The molecule has 2 N–H and O–H groups in total. The molecular formula is C21H42N6. The maximum absolute atomic E-state index is 4.96. The molecule has 156 valence electrons. The van der Waals surface area contributed by atoms with Crippen molar-refractivity contribution in [3.05, 3.63) is 0 Å². The summed E-state index contributed by atoms with van der Waals surface area (Å²) in [6, 6.07) is 1.88. The van der Waals surface area contributed by atoms with Crippen LogP contribution in [-0.2, 0) is 0 Å². The molecule has 3 aliphatic rings. The predicted octanol–water partition coefficient (Wildman–Crippen LogP) is 1.58. The van der Waals surface area contributed by atoms with E-state index in [-0.39, 0.29) is 0 Å². The van der Waals surface area contributed by atoms with Gasteiger partial charge >= 0.3 is 0 Å². The van der Waals surface area contributed by atoms with Gasteiger partial charge in [-0.25, -0.2) is 0 Å². The van der Waals surface area contributed by atoms with E-state index in [0.717, 1.165) is 44.7 Å². The maximum Gasteiger partial charge on any atom is 0.191 e. The summed E-state index contributed by atoms with van der Waals surface area (Å²) in [6.07, 6.45) is 9.67. The number of likely N-dealkylation sites (N-methyl/N-ethyl adjacent to an activating group) is 2. The van der Waals surface area contributed by atoms with Crippen LogP contribution in [0.2, 0.25) is 0 Å². The van der Waals surface area contributed by atoms with Crippen LogP contribution in [-0.4, -0.2) is 98.7 Å². The molecule has 27 heavy (non-hydrogen) atoms. The molecular weight excluding hydrogens is 336 g/mol. The van der Waals surface area contributed by atoms with Gasteiger partial charge in [0.05, 0.1) is 6.54 Å². The zero-order valence-corrected chi connectivity index (χ0v) is 17.9. The summed E-state index contributed by atoms with van der Waals surface area (Å²) in [5.41, 5.74) is 0. The van der Waals surface area contributed by atoms with Crippen LogP contribution in [0.15, 0.2) is 4.99 Å². The van der Waals surface area contributed by atoms with Crippen LogP contribution in [0.5, 0.6) is 0 Å². The minimum absolute atomic E-state index is 0.518. The van der Waals surface area contributed by atoms with E-state index in [2.05, 4.69) is 46.4 Å². The third-order valence-electron chi connectivity index (χ3n) is 6.67. The van der Waals surface area contributed by atoms with Gasteiger partial charge in [-0.3, -0.25) is 14.8 Å². The molecule has 2 aliphatic heterocycles. The fourth-order valence-corrected chi connectivity index (χ4v) is 4.91. The second kappa shape index (κ2) is 10.6. The summed E-state index contributed by atoms with van der Waals surface area (Å²) in [7, 11) is 4.45. The normalized spacial score (nSPS) is 30.4. The Labute approximate surface area is 166 Å². The first kappa shape index (κ1) is 20.9. The highest BCUT2D eigenvalue weighted by Crippen LogP contribution is 2.25. The van der Waals surface area contributed by atoms with Crippen molar-refractivity contribution in [1.82, 2.24) is 25.3 Å². The Morgan fingerprint density at radius 2 is 1.78 bits per heavy atom. The Morgan fingerprint density at radius 3 is 2.56 bits per heavy atom. The lowest BCUT2D eigenvalue weighted by molar-refractivity contribution is 0.114. The molecule has 2 atom stereocenters. The van der Waals surface area contributed by atoms with E-state index in [1.54, 1.807) is 0 Å². The first-order valence-electron chi connectivity index (χ1n) is 11.3.